The summed E-state index contributed by atoms with van der Waals surface area (Å²) >= 11 is 0. The minimum atomic E-state index is -0.450. The van der Waals surface area contributed by atoms with Crippen LogP contribution in [-0.2, 0) is 24.4 Å². The molecule has 3 aromatic heterocycles. The maximum atomic E-state index is 13.1. The predicted molar refractivity (Wildman–Crippen MR) is 169 cm³/mol. The zero-order chi connectivity index (χ0) is 31.5. The van der Waals surface area contributed by atoms with Crippen LogP contribution in [0.5, 0.6) is 0 Å². The molecule has 1 aliphatic rings. The topological polar surface area (TPSA) is 153 Å². The molecular formula is C33H33N7O5. The van der Waals surface area contributed by atoms with Crippen molar-refractivity contribution in [2.75, 3.05) is 12.4 Å². The van der Waals surface area contributed by atoms with Gasteiger partial charge in [0.25, 0.3) is 11.5 Å². The van der Waals surface area contributed by atoms with Gasteiger partial charge in [-0.3, -0.25) is 18.7 Å². The van der Waals surface area contributed by atoms with Gasteiger partial charge in [0.1, 0.15) is 17.2 Å². The highest BCUT2D eigenvalue weighted by Crippen LogP contribution is 2.32. The molecule has 0 saturated heterocycles. The molecule has 0 radical (unpaired) electrons. The molecule has 12 heteroatoms. The highest BCUT2D eigenvalue weighted by Gasteiger charge is 2.30. The van der Waals surface area contributed by atoms with E-state index >= 15 is 0 Å². The van der Waals surface area contributed by atoms with Gasteiger partial charge in [0.15, 0.2) is 5.65 Å². The van der Waals surface area contributed by atoms with Crippen LogP contribution in [0, 0.1) is 0 Å². The first-order valence-corrected chi connectivity index (χ1v) is 14.9. The molecule has 45 heavy (non-hydrogen) atoms. The summed E-state index contributed by atoms with van der Waals surface area (Å²) in [4.78, 5) is 62.5. The summed E-state index contributed by atoms with van der Waals surface area (Å²) in [6.45, 7) is 3.37. The molecule has 3 N–H and O–H groups in total. The van der Waals surface area contributed by atoms with Crippen LogP contribution in [0.1, 0.15) is 64.1 Å². The quantitative estimate of drug-likeness (QED) is 0.190. The summed E-state index contributed by atoms with van der Waals surface area (Å²) in [7, 11) is 1.31. The lowest BCUT2D eigenvalue weighted by atomic mass is 10.1. The van der Waals surface area contributed by atoms with E-state index in [9.17, 15) is 19.2 Å². The average molecular weight is 608 g/mol. The number of benzene rings is 2. The summed E-state index contributed by atoms with van der Waals surface area (Å²) in [6, 6.07) is 17.8. The van der Waals surface area contributed by atoms with Crippen LogP contribution in [0.3, 0.4) is 0 Å². The van der Waals surface area contributed by atoms with Crippen molar-refractivity contribution in [3.8, 4) is 11.4 Å². The molecule has 1 saturated carbocycles. The maximum absolute atomic E-state index is 13.1. The number of nitrogens with one attached hydrogen (secondary N) is 3. The van der Waals surface area contributed by atoms with E-state index in [1.165, 1.54) is 11.7 Å². The zero-order valence-electron chi connectivity index (χ0n) is 25.0. The minimum Gasteiger partial charge on any atom is -0.465 e. The summed E-state index contributed by atoms with van der Waals surface area (Å²) in [5.41, 5.74) is 3.61. The van der Waals surface area contributed by atoms with E-state index in [1.807, 2.05) is 43.3 Å². The number of methoxy groups -OCH3 is 1. The number of aromatic amines is 1. The number of esters is 1. The third-order valence-corrected chi connectivity index (χ3v) is 7.72. The molecule has 0 aliphatic heterocycles. The number of carbonyl (C=O) groups excluding carboxylic acids is 2. The molecule has 230 valence electrons. The van der Waals surface area contributed by atoms with E-state index < -0.39 is 5.97 Å². The van der Waals surface area contributed by atoms with Crippen molar-refractivity contribution in [2.24, 2.45) is 0 Å². The van der Waals surface area contributed by atoms with Gasteiger partial charge >= 0.3 is 11.7 Å². The third kappa shape index (κ3) is 6.26. The highest BCUT2D eigenvalue weighted by molar-refractivity contribution is 5.96. The second kappa shape index (κ2) is 12.6. The minimum absolute atomic E-state index is 0.0292. The van der Waals surface area contributed by atoms with Crippen LogP contribution >= 0.6 is 0 Å². The Bertz CT molecular complexity index is 1970. The van der Waals surface area contributed by atoms with Crippen LogP contribution in [0.15, 0.2) is 76.4 Å². The molecule has 0 spiro atoms. The monoisotopic (exact) mass is 607 g/mol. The Hall–Kier alpha value is -5.52. The van der Waals surface area contributed by atoms with Gasteiger partial charge in [-0.1, -0.05) is 31.2 Å². The Kier molecular flexibility index (Phi) is 8.28. The van der Waals surface area contributed by atoms with Gasteiger partial charge in [0, 0.05) is 43.0 Å². The van der Waals surface area contributed by atoms with Gasteiger partial charge in [-0.25, -0.2) is 19.6 Å². The van der Waals surface area contributed by atoms with Crippen LogP contribution < -0.4 is 21.9 Å². The van der Waals surface area contributed by atoms with Crippen LogP contribution in [0.2, 0.25) is 0 Å². The Morgan fingerprint density at radius 2 is 1.64 bits per heavy atom. The summed E-state index contributed by atoms with van der Waals surface area (Å²) in [5.74, 6) is 0.469. The van der Waals surface area contributed by atoms with Gasteiger partial charge < -0.3 is 20.4 Å². The van der Waals surface area contributed by atoms with Crippen LogP contribution in [0.4, 0.5) is 5.82 Å². The lowest BCUT2D eigenvalue weighted by Gasteiger charge is -2.09. The van der Waals surface area contributed by atoms with Crippen molar-refractivity contribution in [1.82, 2.24) is 29.4 Å². The second-order valence-corrected chi connectivity index (χ2v) is 11.0. The predicted octanol–water partition coefficient (Wildman–Crippen LogP) is 4.02. The van der Waals surface area contributed by atoms with Crippen molar-refractivity contribution in [3.63, 3.8) is 0 Å². The first-order chi connectivity index (χ1) is 21.9. The van der Waals surface area contributed by atoms with Crippen molar-refractivity contribution in [3.05, 3.63) is 110 Å². The average Bonchev–Trinajstić information content (AvgIpc) is 3.81. The molecule has 0 unspecified atom stereocenters. The van der Waals surface area contributed by atoms with E-state index in [-0.39, 0.29) is 23.2 Å². The largest absolute Gasteiger partial charge is 0.465 e. The van der Waals surface area contributed by atoms with E-state index in [4.69, 9.17) is 0 Å². The number of amides is 1. The Balaban J connectivity index is 1.06. The number of rotatable bonds is 11. The fourth-order valence-corrected chi connectivity index (χ4v) is 5.12. The highest BCUT2D eigenvalue weighted by atomic mass is 16.5. The molecule has 0 bridgehead atoms. The SMILES string of the molecule is CCCn1c(=O)n(C2CC2)c(=O)c2[nH]c(-c3ccc(NCc4ccc(CNC(=O)c5ccc(C(=O)OC)cc5)cc4)nc3)nc21. The van der Waals surface area contributed by atoms with Gasteiger partial charge in [-0.05, 0) is 66.8 Å². The summed E-state index contributed by atoms with van der Waals surface area (Å²) in [5, 5.41) is 6.18. The number of carbonyl (C=O) groups is 2. The maximum Gasteiger partial charge on any atom is 0.337 e. The van der Waals surface area contributed by atoms with E-state index in [2.05, 4.69) is 30.3 Å². The molecule has 1 aliphatic carbocycles. The molecular weight excluding hydrogens is 574 g/mol. The zero-order valence-corrected chi connectivity index (χ0v) is 25.0. The summed E-state index contributed by atoms with van der Waals surface area (Å²) < 4.78 is 7.63. The number of ether oxygens (including phenoxy) is 1. The Morgan fingerprint density at radius 3 is 2.27 bits per heavy atom. The third-order valence-electron chi connectivity index (χ3n) is 7.72. The van der Waals surface area contributed by atoms with Crippen molar-refractivity contribution < 1.29 is 14.3 Å². The molecule has 2 aromatic carbocycles. The van der Waals surface area contributed by atoms with Gasteiger partial charge in [0.2, 0.25) is 0 Å². The fourth-order valence-electron chi connectivity index (χ4n) is 5.12. The van der Waals surface area contributed by atoms with Crippen LogP contribution in [0.25, 0.3) is 22.6 Å². The number of hydrogen-bond acceptors (Lipinski definition) is 8. The van der Waals surface area contributed by atoms with Crippen LogP contribution in [-0.4, -0.2) is 43.1 Å². The van der Waals surface area contributed by atoms with E-state index in [0.717, 1.165) is 30.4 Å². The van der Waals surface area contributed by atoms with Gasteiger partial charge in [-0.2, -0.15) is 0 Å². The molecule has 1 amide bonds. The van der Waals surface area contributed by atoms with Crippen molar-refractivity contribution in [1.29, 1.82) is 0 Å². The number of aromatic nitrogens is 5. The lowest BCUT2D eigenvalue weighted by molar-refractivity contribution is 0.0600. The fraction of sp³-hybridized carbons (Fsp3) is 0.273. The van der Waals surface area contributed by atoms with Gasteiger partial charge in [0.05, 0.1) is 12.7 Å². The molecule has 1 fully saturated rings. The van der Waals surface area contributed by atoms with E-state index in [1.54, 1.807) is 35.0 Å². The number of imidazole rings is 1. The second-order valence-electron chi connectivity index (χ2n) is 11.0. The number of hydrogen-bond donors (Lipinski definition) is 3. The molecule has 0 atom stereocenters. The molecule has 12 nitrogen and oxygen atoms in total. The number of fused-ring (bicyclic) bond motifs is 1. The smallest absolute Gasteiger partial charge is 0.337 e. The molecule has 3 heterocycles. The Labute approximate surface area is 258 Å². The molecule has 5 aromatic rings. The van der Waals surface area contributed by atoms with Crippen molar-refractivity contribution in [2.45, 2.75) is 51.9 Å². The lowest BCUT2D eigenvalue weighted by Crippen LogP contribution is -2.39. The van der Waals surface area contributed by atoms with Crippen molar-refractivity contribution >= 4 is 28.9 Å². The number of H-pyrrole nitrogens is 1. The van der Waals surface area contributed by atoms with Gasteiger partial charge in [-0.15, -0.1) is 0 Å². The normalized spacial score (nSPS) is 12.7. The number of pyridine rings is 1. The molecule has 6 rings (SSSR count). The number of nitrogens with zero attached hydrogens (tertiary/aromatic N) is 4. The number of anilines is 1. The summed E-state index contributed by atoms with van der Waals surface area (Å²) in [6.07, 6.45) is 4.10. The first kappa shape index (κ1) is 29.5. The van der Waals surface area contributed by atoms with E-state index in [0.29, 0.717) is 59.1 Å². The number of aryl methyl sites for hydroxylation is 1. The Morgan fingerprint density at radius 1 is 0.956 bits per heavy atom. The first-order valence-electron chi connectivity index (χ1n) is 14.9. The standard InChI is InChI=1S/C33H33N7O5/c1-3-16-39-29-27(31(42)40(33(39)44)25-13-14-25)37-28(38-29)24-12-15-26(35-19-24)34-17-20-4-6-21(7-5-20)18-36-30(41)22-8-10-23(11-9-22)32(43)45-2/h4-12,15,19,25H,3,13-14,16-18H2,1-2H3,(H,34,35)(H,36,41)(H,37,38).